The first-order valence-corrected chi connectivity index (χ1v) is 8.50. The largest absolute Gasteiger partial charge is 0.508 e. The van der Waals surface area contributed by atoms with E-state index in [-0.39, 0.29) is 17.3 Å². The number of carbonyl (C=O) groups is 1. The minimum Gasteiger partial charge on any atom is -0.508 e. The van der Waals surface area contributed by atoms with Gasteiger partial charge in [0.1, 0.15) is 5.75 Å². The Hall–Kier alpha value is -1.55. The Morgan fingerprint density at radius 3 is 2.61 bits per heavy atom. The Kier molecular flexibility index (Phi) is 8.10. The molecule has 0 aliphatic carbocycles. The van der Waals surface area contributed by atoms with Gasteiger partial charge < -0.3 is 14.6 Å². The number of esters is 1. The van der Waals surface area contributed by atoms with Crippen LogP contribution in [0.3, 0.4) is 0 Å². The lowest BCUT2D eigenvalue weighted by atomic mass is 10.0. The van der Waals surface area contributed by atoms with E-state index < -0.39 is 6.10 Å². The van der Waals surface area contributed by atoms with Crippen molar-refractivity contribution in [2.45, 2.75) is 71.5 Å². The van der Waals surface area contributed by atoms with Gasteiger partial charge in [0, 0.05) is 6.42 Å². The second-order valence-corrected chi connectivity index (χ2v) is 6.51. The molecule has 1 unspecified atom stereocenters. The Bertz CT molecular complexity index is 482. The predicted molar refractivity (Wildman–Crippen MR) is 91.5 cm³/mol. The van der Waals surface area contributed by atoms with Gasteiger partial charge in [0.05, 0.1) is 12.2 Å². The monoisotopic (exact) mass is 322 g/mol. The number of phenolic OH excluding ortho intramolecular Hbond substituents is 1. The van der Waals surface area contributed by atoms with Crippen LogP contribution < -0.4 is 0 Å². The summed E-state index contributed by atoms with van der Waals surface area (Å²) in [5.41, 5.74) is 0.467. The highest BCUT2D eigenvalue weighted by Crippen LogP contribution is 2.22. The van der Waals surface area contributed by atoms with Gasteiger partial charge in [-0.05, 0) is 44.4 Å². The molecule has 0 saturated carbocycles. The Morgan fingerprint density at radius 1 is 1.26 bits per heavy atom. The fraction of sp³-hybridized carbons (Fsp3) is 0.632. The van der Waals surface area contributed by atoms with Crippen molar-refractivity contribution in [2.24, 2.45) is 0 Å². The van der Waals surface area contributed by atoms with Crippen molar-refractivity contribution in [3.05, 3.63) is 29.8 Å². The van der Waals surface area contributed by atoms with Gasteiger partial charge in [0.25, 0.3) is 0 Å². The molecule has 4 heteroatoms. The lowest BCUT2D eigenvalue weighted by Crippen LogP contribution is -2.38. The minimum atomic E-state index is -0.657. The van der Waals surface area contributed by atoms with Gasteiger partial charge in [-0.2, -0.15) is 0 Å². The van der Waals surface area contributed by atoms with E-state index >= 15 is 0 Å². The van der Waals surface area contributed by atoms with E-state index in [2.05, 4.69) is 13.8 Å². The first-order valence-electron chi connectivity index (χ1n) is 8.50. The molecule has 0 spiro atoms. The molecular formula is C19H30O4. The van der Waals surface area contributed by atoms with Crippen molar-refractivity contribution in [3.8, 4) is 5.75 Å². The van der Waals surface area contributed by atoms with E-state index in [0.29, 0.717) is 13.0 Å². The maximum atomic E-state index is 12.4. The van der Waals surface area contributed by atoms with Crippen LogP contribution in [0.15, 0.2) is 24.3 Å². The minimum absolute atomic E-state index is 0.188. The molecule has 1 aromatic rings. The van der Waals surface area contributed by atoms with Crippen LogP contribution in [0.25, 0.3) is 0 Å². The molecule has 1 rings (SSSR count). The molecule has 1 aromatic carbocycles. The molecule has 0 bridgehead atoms. The molecule has 0 aromatic heterocycles. The molecule has 0 amide bonds. The van der Waals surface area contributed by atoms with Gasteiger partial charge in [0.15, 0.2) is 6.10 Å². The molecule has 0 fully saturated rings. The normalized spacial score (nSPS) is 12.9. The molecular weight excluding hydrogens is 292 g/mol. The molecule has 4 nitrogen and oxygen atoms in total. The lowest BCUT2D eigenvalue weighted by Gasteiger charge is -2.30. The molecule has 1 N–H and O–H groups in total. The van der Waals surface area contributed by atoms with Gasteiger partial charge in [-0.1, -0.05) is 38.8 Å². The number of carbonyl (C=O) groups excluding carboxylic acids is 1. The summed E-state index contributed by atoms with van der Waals surface area (Å²) in [5.74, 6) is -0.139. The Morgan fingerprint density at radius 2 is 2.00 bits per heavy atom. The van der Waals surface area contributed by atoms with Crippen molar-refractivity contribution < 1.29 is 19.4 Å². The van der Waals surface area contributed by atoms with Crippen molar-refractivity contribution in [1.82, 2.24) is 0 Å². The van der Waals surface area contributed by atoms with Gasteiger partial charge in [-0.15, -0.1) is 0 Å². The fourth-order valence-corrected chi connectivity index (χ4v) is 2.53. The number of hydrogen-bond donors (Lipinski definition) is 1. The fourth-order valence-electron chi connectivity index (χ4n) is 2.53. The Balaban J connectivity index is 2.80. The molecule has 0 aliphatic rings. The summed E-state index contributed by atoms with van der Waals surface area (Å²) in [5, 5.41) is 9.60. The van der Waals surface area contributed by atoms with E-state index in [4.69, 9.17) is 9.47 Å². The molecule has 1 atom stereocenters. The molecule has 0 aliphatic heterocycles. The standard InChI is InChI=1S/C19H30O4/c1-5-7-12-22-18(21)17(23-19(3,4)11-6-2)14-15-9-8-10-16(20)13-15/h8-10,13,17,20H,5-7,11-12,14H2,1-4H3. The van der Waals surface area contributed by atoms with Crippen LogP contribution in [0.4, 0.5) is 0 Å². The first-order chi connectivity index (χ1) is 10.9. The first kappa shape index (κ1) is 19.5. The third kappa shape index (κ3) is 7.51. The summed E-state index contributed by atoms with van der Waals surface area (Å²) in [6, 6.07) is 6.91. The summed E-state index contributed by atoms with van der Waals surface area (Å²) in [6.07, 6.45) is 3.42. The third-order valence-corrected chi connectivity index (χ3v) is 3.65. The number of rotatable bonds is 10. The number of phenols is 1. The molecule has 0 radical (unpaired) electrons. The van der Waals surface area contributed by atoms with Crippen LogP contribution in [0.5, 0.6) is 5.75 Å². The SMILES string of the molecule is CCCCOC(=O)C(Cc1cccc(O)c1)OC(C)(C)CCC. The van der Waals surface area contributed by atoms with Gasteiger partial charge >= 0.3 is 5.97 Å². The highest BCUT2D eigenvalue weighted by molar-refractivity contribution is 5.75. The average molecular weight is 322 g/mol. The highest BCUT2D eigenvalue weighted by atomic mass is 16.6. The lowest BCUT2D eigenvalue weighted by molar-refractivity contribution is -0.168. The van der Waals surface area contributed by atoms with E-state index in [1.807, 2.05) is 19.9 Å². The number of unbranched alkanes of at least 4 members (excludes halogenated alkanes) is 1. The average Bonchev–Trinajstić information content (AvgIpc) is 2.46. The smallest absolute Gasteiger partial charge is 0.335 e. The maximum Gasteiger partial charge on any atom is 0.335 e. The van der Waals surface area contributed by atoms with Crippen LogP contribution in [0.1, 0.15) is 58.9 Å². The highest BCUT2D eigenvalue weighted by Gasteiger charge is 2.29. The van der Waals surface area contributed by atoms with Crippen LogP contribution in [-0.4, -0.2) is 29.4 Å². The van der Waals surface area contributed by atoms with Gasteiger partial charge in [-0.3, -0.25) is 0 Å². The third-order valence-electron chi connectivity index (χ3n) is 3.65. The second-order valence-electron chi connectivity index (χ2n) is 6.51. The van der Waals surface area contributed by atoms with Crippen molar-refractivity contribution in [3.63, 3.8) is 0 Å². The van der Waals surface area contributed by atoms with E-state index in [1.165, 1.54) is 0 Å². The summed E-state index contributed by atoms with van der Waals surface area (Å²) < 4.78 is 11.4. The van der Waals surface area contributed by atoms with Gasteiger partial charge in [-0.25, -0.2) is 4.79 Å². The van der Waals surface area contributed by atoms with Crippen LogP contribution in [0.2, 0.25) is 0 Å². The van der Waals surface area contributed by atoms with Crippen molar-refractivity contribution in [2.75, 3.05) is 6.61 Å². The van der Waals surface area contributed by atoms with E-state index in [1.54, 1.807) is 18.2 Å². The summed E-state index contributed by atoms with van der Waals surface area (Å²) in [6.45, 7) is 8.55. The van der Waals surface area contributed by atoms with Crippen molar-refractivity contribution in [1.29, 1.82) is 0 Å². The number of hydrogen-bond acceptors (Lipinski definition) is 4. The maximum absolute atomic E-state index is 12.4. The quantitative estimate of drug-likeness (QED) is 0.517. The number of ether oxygens (including phenoxy) is 2. The zero-order chi connectivity index (χ0) is 17.3. The predicted octanol–water partition coefficient (Wildman–Crippen LogP) is 4.24. The molecule has 130 valence electrons. The summed E-state index contributed by atoms with van der Waals surface area (Å²) in [4.78, 5) is 12.4. The van der Waals surface area contributed by atoms with Crippen LogP contribution >= 0.6 is 0 Å². The van der Waals surface area contributed by atoms with Gasteiger partial charge in [0.2, 0.25) is 0 Å². The number of benzene rings is 1. The second kappa shape index (κ2) is 9.56. The topological polar surface area (TPSA) is 55.8 Å². The zero-order valence-electron chi connectivity index (χ0n) is 14.8. The van der Waals surface area contributed by atoms with E-state index in [0.717, 1.165) is 31.2 Å². The number of aromatic hydroxyl groups is 1. The van der Waals surface area contributed by atoms with E-state index in [9.17, 15) is 9.90 Å². The van der Waals surface area contributed by atoms with Crippen molar-refractivity contribution >= 4 is 5.97 Å². The molecule has 0 saturated heterocycles. The Labute approximate surface area is 139 Å². The summed E-state index contributed by atoms with van der Waals surface area (Å²) in [7, 11) is 0. The zero-order valence-corrected chi connectivity index (χ0v) is 14.8. The van der Waals surface area contributed by atoms with Crippen LogP contribution in [-0.2, 0) is 20.7 Å². The summed E-state index contributed by atoms with van der Waals surface area (Å²) >= 11 is 0. The van der Waals surface area contributed by atoms with Crippen LogP contribution in [0, 0.1) is 0 Å². The molecule has 23 heavy (non-hydrogen) atoms. The molecule has 0 heterocycles.